The van der Waals surface area contributed by atoms with Crippen LogP contribution in [0.3, 0.4) is 0 Å². The number of nitrogens with one attached hydrogen (secondary N) is 2. The third kappa shape index (κ3) is 5.73. The molecule has 1 aliphatic rings. The number of carbonyl (C=O) groups excluding carboxylic acids is 1. The zero-order valence-electron chi connectivity index (χ0n) is 22.9. The first kappa shape index (κ1) is 27.4. The van der Waals surface area contributed by atoms with Crippen LogP contribution < -0.4 is 10.6 Å². The summed E-state index contributed by atoms with van der Waals surface area (Å²) >= 11 is 0. The summed E-state index contributed by atoms with van der Waals surface area (Å²) in [6.07, 6.45) is 7.00. The molecule has 0 bridgehead atoms. The normalized spacial score (nSPS) is 17.4. The summed E-state index contributed by atoms with van der Waals surface area (Å²) < 4.78 is 36.3. The van der Waals surface area contributed by atoms with E-state index < -0.39 is 17.7 Å². The fourth-order valence-electron chi connectivity index (χ4n) is 5.13. The molecule has 10 nitrogen and oxygen atoms in total. The Balaban J connectivity index is 1.43. The maximum absolute atomic E-state index is 14.1. The number of nitrogens with zero attached hydrogens (tertiary/aromatic N) is 6. The lowest BCUT2D eigenvalue weighted by Gasteiger charge is -2.21. The monoisotopic (exact) mass is 550 g/mol. The van der Waals surface area contributed by atoms with E-state index in [9.17, 15) is 13.6 Å². The fourth-order valence-corrected chi connectivity index (χ4v) is 5.13. The van der Waals surface area contributed by atoms with E-state index in [2.05, 4.69) is 25.6 Å². The number of pyridine rings is 1. The topological polar surface area (TPSA) is 102 Å². The summed E-state index contributed by atoms with van der Waals surface area (Å²) in [7, 11) is 3.45. The van der Waals surface area contributed by atoms with Crippen LogP contribution in [0.15, 0.2) is 49.1 Å². The van der Waals surface area contributed by atoms with E-state index in [-0.39, 0.29) is 12.0 Å². The van der Waals surface area contributed by atoms with Crippen LogP contribution in [-0.4, -0.2) is 74.9 Å². The molecule has 0 aliphatic carbocycles. The van der Waals surface area contributed by atoms with Gasteiger partial charge < -0.3 is 10.1 Å². The number of ether oxygens (including phenoxy) is 1. The van der Waals surface area contributed by atoms with Crippen molar-refractivity contribution < 1.29 is 18.3 Å². The molecule has 2 N–H and O–H groups in total. The Labute approximate surface area is 231 Å². The van der Waals surface area contributed by atoms with Crippen LogP contribution in [0.1, 0.15) is 22.6 Å². The lowest BCUT2D eigenvalue weighted by molar-refractivity contribution is 0.159. The summed E-state index contributed by atoms with van der Waals surface area (Å²) in [6.45, 7) is 6.08. The second kappa shape index (κ2) is 11.5. The van der Waals surface area contributed by atoms with Crippen molar-refractivity contribution in [3.63, 3.8) is 0 Å². The molecule has 3 aromatic heterocycles. The molecule has 0 spiro atoms. The lowest BCUT2D eigenvalue weighted by atomic mass is 9.94. The molecule has 1 fully saturated rings. The molecule has 1 saturated heterocycles. The van der Waals surface area contributed by atoms with Gasteiger partial charge in [-0.1, -0.05) is 6.07 Å². The molecule has 1 aromatic carbocycles. The Morgan fingerprint density at radius 3 is 2.65 bits per heavy atom. The minimum absolute atomic E-state index is 0.240. The molecule has 2 atom stereocenters. The first-order chi connectivity index (χ1) is 19.2. The third-order valence-electron chi connectivity index (χ3n) is 7.13. The molecule has 210 valence electrons. The van der Waals surface area contributed by atoms with Crippen molar-refractivity contribution in [2.45, 2.75) is 25.8 Å². The number of urea groups is 1. The average Bonchev–Trinajstić information content (AvgIpc) is 3.62. The van der Waals surface area contributed by atoms with Crippen molar-refractivity contribution >= 4 is 11.8 Å². The maximum atomic E-state index is 14.1. The predicted molar refractivity (Wildman–Crippen MR) is 146 cm³/mol. The van der Waals surface area contributed by atoms with E-state index in [4.69, 9.17) is 9.84 Å². The number of halogens is 2. The van der Waals surface area contributed by atoms with Crippen molar-refractivity contribution in [2.24, 2.45) is 7.05 Å². The number of amides is 2. The van der Waals surface area contributed by atoms with Gasteiger partial charge in [-0.15, -0.1) is 0 Å². The van der Waals surface area contributed by atoms with Gasteiger partial charge in [0.25, 0.3) is 0 Å². The number of anilines is 1. The van der Waals surface area contributed by atoms with E-state index in [1.54, 1.807) is 41.1 Å². The van der Waals surface area contributed by atoms with Gasteiger partial charge >= 0.3 is 6.03 Å². The van der Waals surface area contributed by atoms with Crippen LogP contribution in [0.5, 0.6) is 0 Å². The van der Waals surface area contributed by atoms with Crippen molar-refractivity contribution in [3.05, 3.63) is 77.4 Å². The Morgan fingerprint density at radius 1 is 1.12 bits per heavy atom. The molecule has 12 heteroatoms. The highest BCUT2D eigenvalue weighted by molar-refractivity contribution is 5.91. The lowest BCUT2D eigenvalue weighted by Crippen LogP contribution is -2.42. The molecule has 0 saturated carbocycles. The van der Waals surface area contributed by atoms with Crippen molar-refractivity contribution in [3.8, 4) is 16.9 Å². The average molecular weight is 551 g/mol. The maximum Gasteiger partial charge on any atom is 0.320 e. The van der Waals surface area contributed by atoms with Gasteiger partial charge in [0, 0.05) is 63.2 Å². The molecule has 2 amide bonds. The number of hydrogen-bond donors (Lipinski definition) is 2. The highest BCUT2D eigenvalue weighted by Crippen LogP contribution is 2.31. The minimum atomic E-state index is -0.912. The predicted octanol–water partition coefficient (Wildman–Crippen LogP) is 3.80. The van der Waals surface area contributed by atoms with Crippen LogP contribution in [0.25, 0.3) is 16.9 Å². The molecular weight excluding hydrogens is 518 g/mol. The first-order valence-electron chi connectivity index (χ1n) is 13.0. The molecule has 5 rings (SSSR count). The van der Waals surface area contributed by atoms with E-state index in [0.29, 0.717) is 49.0 Å². The minimum Gasteiger partial charge on any atom is -0.383 e. The number of methoxy groups -OCH3 is 1. The summed E-state index contributed by atoms with van der Waals surface area (Å²) in [4.78, 5) is 19.9. The van der Waals surface area contributed by atoms with Gasteiger partial charge in [-0.25, -0.2) is 18.3 Å². The third-order valence-corrected chi connectivity index (χ3v) is 7.13. The van der Waals surface area contributed by atoms with Crippen molar-refractivity contribution in [1.82, 2.24) is 34.8 Å². The fraction of sp³-hybridized carbons (Fsp3) is 0.357. The molecule has 40 heavy (non-hydrogen) atoms. The summed E-state index contributed by atoms with van der Waals surface area (Å²) in [6, 6.07) is 5.04. The van der Waals surface area contributed by atoms with Gasteiger partial charge in [0.05, 0.1) is 30.7 Å². The van der Waals surface area contributed by atoms with Gasteiger partial charge in [-0.2, -0.15) is 10.2 Å². The van der Waals surface area contributed by atoms with Crippen molar-refractivity contribution in [1.29, 1.82) is 0 Å². The van der Waals surface area contributed by atoms with Gasteiger partial charge in [-0.05, 0) is 43.2 Å². The van der Waals surface area contributed by atoms with Gasteiger partial charge in [0.1, 0.15) is 11.5 Å². The smallest absolute Gasteiger partial charge is 0.320 e. The van der Waals surface area contributed by atoms with E-state index in [1.807, 2.05) is 33.2 Å². The Hall–Kier alpha value is -4.16. The Morgan fingerprint density at radius 2 is 1.95 bits per heavy atom. The number of aryl methyl sites for hydroxylation is 2. The molecule has 1 aliphatic heterocycles. The van der Waals surface area contributed by atoms with E-state index in [1.165, 1.54) is 6.07 Å². The van der Waals surface area contributed by atoms with Gasteiger partial charge in [0.15, 0.2) is 11.6 Å². The van der Waals surface area contributed by atoms with Crippen LogP contribution >= 0.6 is 0 Å². The Bertz CT molecular complexity index is 1520. The summed E-state index contributed by atoms with van der Waals surface area (Å²) in [5.41, 5.74) is 4.51. The molecule has 4 heterocycles. The highest BCUT2D eigenvalue weighted by Gasteiger charge is 2.35. The molecule has 0 radical (unpaired) electrons. The highest BCUT2D eigenvalue weighted by atomic mass is 19.2. The number of hydrogen-bond acceptors (Lipinski definition) is 6. The standard InChI is InChI=1S/C28H32F2N8O2/c1-17-9-21(13-31-11-17)38-27(18(2)26(35-38)20-12-32-36(3)14-20)34-28(39)33-25-16-37(7-8-40-4)15-22(25)19-5-6-23(29)24(30)10-19/h5-6,9-14,22,25H,7-8,15-16H2,1-4H3,(H2,33,34,39). The zero-order valence-corrected chi connectivity index (χ0v) is 22.9. The van der Waals surface area contributed by atoms with Crippen LogP contribution in [0.2, 0.25) is 0 Å². The second-order valence-corrected chi connectivity index (χ2v) is 10.1. The number of likely N-dealkylation sites (tertiary alicyclic amines) is 1. The van der Waals surface area contributed by atoms with E-state index >= 15 is 0 Å². The number of aromatic nitrogens is 5. The van der Waals surface area contributed by atoms with Crippen molar-refractivity contribution in [2.75, 3.05) is 38.7 Å². The molecule has 2 unspecified atom stereocenters. The Kier molecular flexibility index (Phi) is 7.90. The van der Waals surface area contributed by atoms with Crippen LogP contribution in [0, 0.1) is 25.5 Å². The summed E-state index contributed by atoms with van der Waals surface area (Å²) in [5, 5.41) is 15.1. The molecule has 4 aromatic rings. The quantitative estimate of drug-likeness (QED) is 0.346. The SMILES string of the molecule is COCCN1CC(NC(=O)Nc2c(C)c(-c3cnn(C)c3)nn2-c2cncc(C)c2)C(c2ccc(F)c(F)c2)C1. The number of carbonyl (C=O) groups is 1. The molecular formula is C28H32F2N8O2. The van der Waals surface area contributed by atoms with Crippen LogP contribution in [-0.2, 0) is 11.8 Å². The van der Waals surface area contributed by atoms with Gasteiger partial charge in [0.2, 0.25) is 0 Å². The zero-order chi connectivity index (χ0) is 28.4. The summed E-state index contributed by atoms with van der Waals surface area (Å²) in [5.74, 6) is -1.57. The number of benzene rings is 1. The first-order valence-corrected chi connectivity index (χ1v) is 13.0. The van der Waals surface area contributed by atoms with E-state index in [0.717, 1.165) is 22.8 Å². The largest absolute Gasteiger partial charge is 0.383 e. The number of rotatable bonds is 8. The second-order valence-electron chi connectivity index (χ2n) is 10.1. The van der Waals surface area contributed by atoms with Crippen LogP contribution in [0.4, 0.5) is 19.4 Å². The van der Waals surface area contributed by atoms with Gasteiger partial charge in [-0.3, -0.25) is 19.9 Å².